The number of imidazole rings is 1. The lowest BCUT2D eigenvalue weighted by Crippen LogP contribution is -2.36. The monoisotopic (exact) mass is 353 g/mol. The van der Waals surface area contributed by atoms with Crippen molar-refractivity contribution >= 4 is 5.91 Å². The average Bonchev–Trinajstić information content (AvgIpc) is 3.09. The molecule has 0 spiro atoms. The maximum absolute atomic E-state index is 12.7. The van der Waals surface area contributed by atoms with Crippen LogP contribution in [0, 0.1) is 17.2 Å². The minimum Gasteiger partial charge on any atom is -0.341 e. The maximum Gasteiger partial charge on any atom is 0.287 e. The van der Waals surface area contributed by atoms with Gasteiger partial charge >= 0.3 is 0 Å². The lowest BCUT2D eigenvalue weighted by atomic mass is 9.82. The van der Waals surface area contributed by atoms with Crippen molar-refractivity contribution in [3.8, 4) is 6.07 Å². The van der Waals surface area contributed by atoms with Crippen molar-refractivity contribution in [3.63, 3.8) is 0 Å². The van der Waals surface area contributed by atoms with E-state index in [0.29, 0.717) is 11.7 Å². The summed E-state index contributed by atoms with van der Waals surface area (Å²) >= 11 is 0. The molecule has 2 heterocycles. The second-order valence-corrected chi connectivity index (χ2v) is 7.44. The molecule has 4 rings (SSSR count). The van der Waals surface area contributed by atoms with Crippen LogP contribution in [0.3, 0.4) is 0 Å². The highest BCUT2D eigenvalue weighted by molar-refractivity contribution is 5.91. The van der Waals surface area contributed by atoms with Gasteiger partial charge in [0, 0.05) is 19.4 Å². The van der Waals surface area contributed by atoms with E-state index in [1.54, 1.807) is 28.7 Å². The zero-order valence-electron chi connectivity index (χ0n) is 14.9. The topological polar surface area (TPSA) is 101 Å². The van der Waals surface area contributed by atoms with E-state index < -0.39 is 5.54 Å². The Bertz CT molecular complexity index is 836. The van der Waals surface area contributed by atoms with Gasteiger partial charge in [0.2, 0.25) is 0 Å². The number of hydrogen-bond acceptors (Lipinski definition) is 5. The molecule has 1 amide bonds. The number of nitriles is 1. The number of nitrogens with zero attached hydrogens (tertiary/aromatic N) is 6. The summed E-state index contributed by atoms with van der Waals surface area (Å²) in [5, 5.41) is 21.0. The molecule has 1 N–H and O–H groups in total. The predicted molar refractivity (Wildman–Crippen MR) is 92.8 cm³/mol. The van der Waals surface area contributed by atoms with Crippen molar-refractivity contribution in [2.45, 2.75) is 56.5 Å². The van der Waals surface area contributed by atoms with Gasteiger partial charge in [0.05, 0.1) is 18.3 Å². The first-order valence-electron chi connectivity index (χ1n) is 9.25. The molecule has 2 fully saturated rings. The molecule has 2 aliphatic carbocycles. The van der Waals surface area contributed by atoms with E-state index in [1.807, 2.05) is 6.20 Å². The van der Waals surface area contributed by atoms with Crippen LogP contribution in [0.4, 0.5) is 0 Å². The average molecular weight is 353 g/mol. The first-order valence-corrected chi connectivity index (χ1v) is 9.25. The molecule has 0 aromatic carbocycles. The Morgan fingerprint density at radius 1 is 1.38 bits per heavy atom. The Balaban J connectivity index is 1.60. The Labute approximate surface area is 152 Å². The van der Waals surface area contributed by atoms with Crippen LogP contribution in [-0.2, 0) is 12.6 Å². The molecule has 2 aromatic rings. The number of aryl methyl sites for hydroxylation is 1. The third-order valence-electron chi connectivity index (χ3n) is 5.63. The van der Waals surface area contributed by atoms with Gasteiger partial charge in [-0.05, 0) is 31.6 Å². The molecule has 0 saturated heterocycles. The van der Waals surface area contributed by atoms with Crippen molar-refractivity contribution in [2.75, 3.05) is 0 Å². The van der Waals surface area contributed by atoms with E-state index in [4.69, 9.17) is 0 Å². The summed E-state index contributed by atoms with van der Waals surface area (Å²) in [6, 6.07) is 2.13. The lowest BCUT2D eigenvalue weighted by molar-refractivity contribution is 0.0897. The van der Waals surface area contributed by atoms with Gasteiger partial charge in [-0.3, -0.25) is 4.79 Å². The van der Waals surface area contributed by atoms with Gasteiger partial charge in [-0.25, -0.2) is 9.67 Å². The molecule has 0 aliphatic heterocycles. The van der Waals surface area contributed by atoms with E-state index in [-0.39, 0.29) is 11.9 Å². The van der Waals surface area contributed by atoms with Gasteiger partial charge in [-0.15, -0.1) is 5.10 Å². The van der Waals surface area contributed by atoms with Crippen LogP contribution in [0.25, 0.3) is 0 Å². The van der Waals surface area contributed by atoms with E-state index >= 15 is 0 Å². The van der Waals surface area contributed by atoms with Crippen LogP contribution in [0.5, 0.6) is 0 Å². The normalized spacial score (nSPS) is 20.3. The largest absolute Gasteiger partial charge is 0.341 e. The molecule has 2 aliphatic rings. The number of carbonyl (C=O) groups excluding carboxylic acids is 1. The van der Waals surface area contributed by atoms with E-state index in [0.717, 1.165) is 44.2 Å². The molecule has 2 aromatic heterocycles. The predicted octanol–water partition coefficient (Wildman–Crippen LogP) is 2.08. The van der Waals surface area contributed by atoms with Crippen LogP contribution in [0.15, 0.2) is 18.6 Å². The smallest absolute Gasteiger partial charge is 0.287 e. The lowest BCUT2D eigenvalue weighted by Gasteiger charge is -2.29. The summed E-state index contributed by atoms with van der Waals surface area (Å²) < 4.78 is 3.38. The van der Waals surface area contributed by atoms with Crippen molar-refractivity contribution in [1.29, 1.82) is 5.26 Å². The molecule has 8 nitrogen and oxygen atoms in total. The van der Waals surface area contributed by atoms with Gasteiger partial charge in [0.25, 0.3) is 5.91 Å². The Hall–Kier alpha value is -2.69. The second-order valence-electron chi connectivity index (χ2n) is 7.44. The van der Waals surface area contributed by atoms with Gasteiger partial charge in [-0.1, -0.05) is 24.5 Å². The Morgan fingerprint density at radius 2 is 2.15 bits per heavy atom. The fourth-order valence-corrected chi connectivity index (χ4v) is 3.83. The number of rotatable bonds is 5. The van der Waals surface area contributed by atoms with Gasteiger partial charge in [-0.2, -0.15) is 5.26 Å². The summed E-state index contributed by atoms with van der Waals surface area (Å²) in [7, 11) is 1.80. The highest BCUT2D eigenvalue weighted by Gasteiger charge is 2.47. The number of nitrogens with one attached hydrogen (secondary N) is 1. The third-order valence-corrected chi connectivity index (χ3v) is 5.63. The maximum atomic E-state index is 12.7. The zero-order valence-corrected chi connectivity index (χ0v) is 14.9. The Kier molecular flexibility index (Phi) is 4.23. The van der Waals surface area contributed by atoms with Crippen LogP contribution >= 0.6 is 0 Å². The molecule has 136 valence electrons. The molecule has 26 heavy (non-hydrogen) atoms. The van der Waals surface area contributed by atoms with Crippen LogP contribution < -0.4 is 5.32 Å². The molecule has 2 saturated carbocycles. The van der Waals surface area contributed by atoms with E-state index in [9.17, 15) is 10.1 Å². The summed E-state index contributed by atoms with van der Waals surface area (Å²) in [6.07, 6.45) is 12.5. The molecular weight excluding hydrogens is 330 g/mol. The van der Waals surface area contributed by atoms with E-state index in [2.05, 4.69) is 26.7 Å². The number of carbonyl (C=O) groups is 1. The first-order chi connectivity index (χ1) is 12.6. The summed E-state index contributed by atoms with van der Waals surface area (Å²) in [6.45, 7) is 0. The molecular formula is C18H23N7O. The molecule has 8 heteroatoms. The minimum atomic E-state index is -0.536. The van der Waals surface area contributed by atoms with Gasteiger partial charge in [0.1, 0.15) is 5.69 Å². The summed E-state index contributed by atoms with van der Waals surface area (Å²) in [4.78, 5) is 16.9. The quantitative estimate of drug-likeness (QED) is 0.887. The number of amides is 1. The first kappa shape index (κ1) is 16.8. The standard InChI is InChI=1S/C18H23N7O/c1-24-10-9-20-16(24)17(26)21-15(13-5-3-2-4-6-13)14-11-25(23-22-14)18(12-19)7-8-18/h9-11,13,15H,2-8H2,1H3,(H,21,26)/t15-/m1/s1. The van der Waals surface area contributed by atoms with E-state index in [1.165, 1.54) is 6.42 Å². The van der Waals surface area contributed by atoms with Crippen LogP contribution in [0.2, 0.25) is 0 Å². The zero-order chi connectivity index (χ0) is 18.1. The van der Waals surface area contributed by atoms with Crippen molar-refractivity contribution in [3.05, 3.63) is 30.1 Å². The number of hydrogen-bond donors (Lipinski definition) is 1. The SMILES string of the molecule is Cn1ccnc1C(=O)N[C@@H](c1cn(C2(C#N)CC2)nn1)C1CCCCC1. The van der Waals surface area contributed by atoms with Crippen molar-refractivity contribution in [2.24, 2.45) is 13.0 Å². The highest BCUT2D eigenvalue weighted by Crippen LogP contribution is 2.42. The minimum absolute atomic E-state index is 0.205. The fourth-order valence-electron chi connectivity index (χ4n) is 3.83. The molecule has 0 bridgehead atoms. The molecule has 0 unspecified atom stereocenters. The third kappa shape index (κ3) is 2.98. The van der Waals surface area contributed by atoms with Crippen LogP contribution in [0.1, 0.15) is 67.3 Å². The van der Waals surface area contributed by atoms with Gasteiger partial charge in [0.15, 0.2) is 11.4 Å². The summed E-state index contributed by atoms with van der Waals surface area (Å²) in [5.41, 5.74) is 0.201. The fraction of sp³-hybridized carbons (Fsp3) is 0.611. The second kappa shape index (κ2) is 6.56. The molecule has 0 radical (unpaired) electrons. The number of aromatic nitrogens is 5. The van der Waals surface area contributed by atoms with Crippen LogP contribution in [-0.4, -0.2) is 30.5 Å². The highest BCUT2D eigenvalue weighted by atomic mass is 16.2. The Morgan fingerprint density at radius 3 is 2.77 bits per heavy atom. The van der Waals surface area contributed by atoms with Crippen molar-refractivity contribution < 1.29 is 4.79 Å². The van der Waals surface area contributed by atoms with Gasteiger partial charge < -0.3 is 9.88 Å². The summed E-state index contributed by atoms with van der Waals surface area (Å²) in [5.74, 6) is 0.508. The molecule has 1 atom stereocenters. The van der Waals surface area contributed by atoms with Crippen molar-refractivity contribution in [1.82, 2.24) is 29.9 Å².